The summed E-state index contributed by atoms with van der Waals surface area (Å²) in [5, 5.41) is -0.977. The van der Waals surface area contributed by atoms with Gasteiger partial charge in [-0.2, -0.15) is 0 Å². The number of hydrogen-bond donors (Lipinski definition) is 0. The first-order valence-electron chi connectivity index (χ1n) is 5.85. The van der Waals surface area contributed by atoms with Crippen molar-refractivity contribution in [3.63, 3.8) is 0 Å². The summed E-state index contributed by atoms with van der Waals surface area (Å²) in [6.45, 7) is 0. The molecule has 0 fully saturated rings. The number of rotatable bonds is 4. The lowest BCUT2D eigenvalue weighted by molar-refractivity contribution is 0.0991. The van der Waals surface area contributed by atoms with E-state index in [9.17, 15) is 22.8 Å². The fourth-order valence-electron chi connectivity index (χ4n) is 1.79. The van der Waals surface area contributed by atoms with Crippen LogP contribution >= 0.6 is 11.6 Å². The van der Waals surface area contributed by atoms with Crippen LogP contribution in [0.2, 0.25) is 0 Å². The Morgan fingerprint density at radius 1 is 0.905 bits per heavy atom. The summed E-state index contributed by atoms with van der Waals surface area (Å²) < 4.78 is 39.2. The zero-order chi connectivity index (χ0) is 15.6. The Kier molecular flexibility index (Phi) is 4.43. The summed E-state index contributed by atoms with van der Waals surface area (Å²) in [5.41, 5.74) is -0.0145. The van der Waals surface area contributed by atoms with Gasteiger partial charge in [0.05, 0.1) is 5.56 Å². The van der Waals surface area contributed by atoms with E-state index in [0.717, 1.165) is 30.3 Å². The van der Waals surface area contributed by atoms with E-state index in [0.29, 0.717) is 5.56 Å². The Hall–Kier alpha value is -2.14. The number of carbonyl (C=O) groups is 2. The molecule has 2 aromatic rings. The molecule has 0 radical (unpaired) electrons. The summed E-state index contributed by atoms with van der Waals surface area (Å²) in [5.74, 6) is -3.47. The summed E-state index contributed by atoms with van der Waals surface area (Å²) in [7, 11) is 0. The lowest BCUT2D eigenvalue weighted by atomic mass is 10.0. The van der Waals surface area contributed by atoms with Gasteiger partial charge in [0.2, 0.25) is 0 Å². The molecule has 0 aromatic heterocycles. The van der Waals surface area contributed by atoms with E-state index in [-0.39, 0.29) is 17.5 Å². The number of hydrogen-bond acceptors (Lipinski definition) is 2. The van der Waals surface area contributed by atoms with Gasteiger partial charge in [-0.1, -0.05) is 6.07 Å². The second kappa shape index (κ2) is 6.10. The van der Waals surface area contributed by atoms with E-state index in [1.54, 1.807) is 0 Å². The molecule has 2 nitrogen and oxygen atoms in total. The molecule has 2 aromatic carbocycles. The minimum absolute atomic E-state index is 0.0167. The van der Waals surface area contributed by atoms with Gasteiger partial charge in [0.15, 0.2) is 17.4 Å². The lowest BCUT2D eigenvalue weighted by Crippen LogP contribution is -2.06. The van der Waals surface area contributed by atoms with Crippen LogP contribution in [0.15, 0.2) is 36.4 Å². The predicted octanol–water partition coefficient (Wildman–Crippen LogP) is 3.91. The molecule has 108 valence electrons. The Balaban J connectivity index is 2.25. The van der Waals surface area contributed by atoms with Crippen LogP contribution in [0.25, 0.3) is 0 Å². The fraction of sp³-hybridized carbons (Fsp3) is 0.0667. The van der Waals surface area contributed by atoms with Gasteiger partial charge in [-0.3, -0.25) is 9.59 Å². The topological polar surface area (TPSA) is 34.1 Å². The molecule has 0 spiro atoms. The standard InChI is InChI=1S/C15H8ClF3O2/c16-15(21)10-5-8(1-3-11(10)17)6-14(20)9-2-4-12(18)13(19)7-9/h1-5,7H,6H2. The summed E-state index contributed by atoms with van der Waals surface area (Å²) in [4.78, 5) is 22.9. The highest BCUT2D eigenvalue weighted by Gasteiger charge is 2.14. The molecule has 0 unspecified atom stereocenters. The Labute approximate surface area is 123 Å². The van der Waals surface area contributed by atoms with Crippen molar-refractivity contribution in [3.05, 3.63) is 70.5 Å². The Morgan fingerprint density at radius 2 is 1.57 bits per heavy atom. The molecule has 0 bridgehead atoms. The largest absolute Gasteiger partial charge is 0.294 e. The third-order valence-corrected chi connectivity index (χ3v) is 3.05. The predicted molar refractivity (Wildman–Crippen MR) is 71.0 cm³/mol. The lowest BCUT2D eigenvalue weighted by Gasteiger charge is -2.04. The van der Waals surface area contributed by atoms with Crippen LogP contribution < -0.4 is 0 Å². The molecule has 0 heterocycles. The average molecular weight is 313 g/mol. The van der Waals surface area contributed by atoms with Crippen molar-refractivity contribution in [2.75, 3.05) is 0 Å². The molecule has 21 heavy (non-hydrogen) atoms. The third kappa shape index (κ3) is 3.49. The molecule has 6 heteroatoms. The van der Waals surface area contributed by atoms with E-state index in [1.165, 1.54) is 6.07 Å². The van der Waals surface area contributed by atoms with Gasteiger partial charge in [-0.25, -0.2) is 13.2 Å². The molecule has 0 saturated heterocycles. The van der Waals surface area contributed by atoms with Crippen LogP contribution in [-0.2, 0) is 6.42 Å². The first-order chi connectivity index (χ1) is 9.88. The summed E-state index contributed by atoms with van der Waals surface area (Å²) in [6.07, 6.45) is -0.192. The molecule has 2 rings (SSSR count). The second-order valence-electron chi connectivity index (χ2n) is 4.32. The second-order valence-corrected chi connectivity index (χ2v) is 4.66. The van der Waals surface area contributed by atoms with Crippen LogP contribution in [0.1, 0.15) is 26.3 Å². The van der Waals surface area contributed by atoms with Crippen LogP contribution in [0.5, 0.6) is 0 Å². The maximum absolute atomic E-state index is 13.3. The molecule has 0 aliphatic carbocycles. The van der Waals surface area contributed by atoms with Crippen molar-refractivity contribution < 1.29 is 22.8 Å². The highest BCUT2D eigenvalue weighted by Crippen LogP contribution is 2.16. The van der Waals surface area contributed by atoms with Gasteiger partial charge in [0, 0.05) is 12.0 Å². The number of benzene rings is 2. The molecule has 0 aliphatic heterocycles. The molecule has 0 saturated carbocycles. The van der Waals surface area contributed by atoms with Crippen molar-refractivity contribution >= 4 is 22.6 Å². The van der Waals surface area contributed by atoms with Gasteiger partial charge in [0.25, 0.3) is 5.24 Å². The normalized spacial score (nSPS) is 10.5. The van der Waals surface area contributed by atoms with Gasteiger partial charge >= 0.3 is 0 Å². The highest BCUT2D eigenvalue weighted by molar-refractivity contribution is 6.67. The number of carbonyl (C=O) groups excluding carboxylic acids is 2. The van der Waals surface area contributed by atoms with Crippen LogP contribution in [-0.4, -0.2) is 11.0 Å². The summed E-state index contributed by atoms with van der Waals surface area (Å²) >= 11 is 5.22. The third-order valence-electron chi connectivity index (χ3n) is 2.85. The zero-order valence-corrected chi connectivity index (χ0v) is 11.3. The van der Waals surface area contributed by atoms with Crippen molar-refractivity contribution in [1.82, 2.24) is 0 Å². The minimum atomic E-state index is -1.13. The van der Waals surface area contributed by atoms with E-state index in [1.807, 2.05) is 0 Å². The number of ketones is 1. The smallest absolute Gasteiger partial charge is 0.255 e. The Morgan fingerprint density at radius 3 is 2.19 bits per heavy atom. The van der Waals surface area contributed by atoms with Crippen LogP contribution in [0.4, 0.5) is 13.2 Å². The maximum atomic E-state index is 13.3. The monoisotopic (exact) mass is 312 g/mol. The quantitative estimate of drug-likeness (QED) is 0.633. The number of halogens is 4. The average Bonchev–Trinajstić information content (AvgIpc) is 2.43. The number of Topliss-reactive ketones (excluding diaryl/α,β-unsaturated/α-hetero) is 1. The Bertz CT molecular complexity index is 729. The van der Waals surface area contributed by atoms with Crippen molar-refractivity contribution in [2.24, 2.45) is 0 Å². The van der Waals surface area contributed by atoms with Gasteiger partial charge < -0.3 is 0 Å². The zero-order valence-electron chi connectivity index (χ0n) is 10.5. The fourth-order valence-corrected chi connectivity index (χ4v) is 1.93. The van der Waals surface area contributed by atoms with Crippen molar-refractivity contribution in [1.29, 1.82) is 0 Å². The van der Waals surface area contributed by atoms with Gasteiger partial charge in [-0.05, 0) is 47.5 Å². The van der Waals surface area contributed by atoms with Gasteiger partial charge in [0.1, 0.15) is 5.82 Å². The summed E-state index contributed by atoms with van der Waals surface area (Å²) in [6, 6.07) is 6.27. The van der Waals surface area contributed by atoms with Crippen molar-refractivity contribution in [2.45, 2.75) is 6.42 Å². The molecular formula is C15H8ClF3O2. The molecular weight excluding hydrogens is 305 g/mol. The SMILES string of the molecule is O=C(Cc1ccc(F)c(C(=O)Cl)c1)c1ccc(F)c(F)c1. The van der Waals surface area contributed by atoms with Gasteiger partial charge in [-0.15, -0.1) is 0 Å². The maximum Gasteiger partial charge on any atom is 0.255 e. The van der Waals surface area contributed by atoms with Crippen LogP contribution in [0, 0.1) is 17.5 Å². The molecule has 0 aliphatic rings. The van der Waals surface area contributed by atoms with E-state index in [4.69, 9.17) is 11.6 Å². The first kappa shape index (κ1) is 15.3. The van der Waals surface area contributed by atoms with Crippen LogP contribution in [0.3, 0.4) is 0 Å². The molecule has 0 N–H and O–H groups in total. The minimum Gasteiger partial charge on any atom is -0.294 e. The highest BCUT2D eigenvalue weighted by atomic mass is 35.5. The van der Waals surface area contributed by atoms with E-state index < -0.39 is 28.5 Å². The van der Waals surface area contributed by atoms with E-state index in [2.05, 4.69) is 0 Å². The van der Waals surface area contributed by atoms with Crippen molar-refractivity contribution in [3.8, 4) is 0 Å². The van der Waals surface area contributed by atoms with E-state index >= 15 is 0 Å². The first-order valence-corrected chi connectivity index (χ1v) is 6.23. The molecule has 0 atom stereocenters. The molecule has 0 amide bonds.